The summed E-state index contributed by atoms with van der Waals surface area (Å²) in [5.74, 6) is -3.56. The third-order valence-corrected chi connectivity index (χ3v) is 5.36. The molecule has 1 heterocycles. The van der Waals surface area contributed by atoms with Crippen molar-refractivity contribution in [2.24, 2.45) is 0 Å². The Kier molecular flexibility index (Phi) is 11.5. The van der Waals surface area contributed by atoms with Crippen molar-refractivity contribution in [1.29, 1.82) is 0 Å². The van der Waals surface area contributed by atoms with Crippen LogP contribution in [0.2, 0.25) is 0 Å². The Hall–Kier alpha value is -1.83. The highest BCUT2D eigenvalue weighted by Crippen LogP contribution is 2.37. The van der Waals surface area contributed by atoms with Crippen molar-refractivity contribution in [2.75, 3.05) is 62.9 Å². The van der Waals surface area contributed by atoms with E-state index in [1.54, 1.807) is 7.05 Å². The minimum Gasteiger partial charge on any atom is -0.465 e. The molecule has 1 unspecified atom stereocenters. The molecule has 12 nitrogen and oxygen atoms in total. The van der Waals surface area contributed by atoms with E-state index in [1.807, 2.05) is 0 Å². The lowest BCUT2D eigenvalue weighted by Gasteiger charge is -2.50. The quantitative estimate of drug-likeness (QED) is 0.342. The number of esters is 2. The maximum absolute atomic E-state index is 12.7. The highest BCUT2D eigenvalue weighted by atomic mass is 16.7. The lowest BCUT2D eigenvalue weighted by Crippen LogP contribution is -2.69. The summed E-state index contributed by atoms with van der Waals surface area (Å²) in [5, 5.41) is 0. The van der Waals surface area contributed by atoms with Crippen molar-refractivity contribution in [3.63, 3.8) is 0 Å². The molecule has 0 spiro atoms. The van der Waals surface area contributed by atoms with Gasteiger partial charge in [-0.3, -0.25) is 9.59 Å². The molecule has 0 aromatic carbocycles. The largest absolute Gasteiger partial charge is 0.465 e. The van der Waals surface area contributed by atoms with E-state index in [4.69, 9.17) is 37.9 Å². The second kappa shape index (κ2) is 13.0. The first-order chi connectivity index (χ1) is 15.2. The van der Waals surface area contributed by atoms with Gasteiger partial charge in [-0.05, 0) is 0 Å². The molecule has 6 atom stereocenters. The molecule has 0 radical (unpaired) electrons. The van der Waals surface area contributed by atoms with Crippen molar-refractivity contribution >= 4 is 17.8 Å². The Morgan fingerprint density at radius 1 is 1.09 bits per heavy atom. The molecular weight excluding hydrogens is 430 g/mol. The molecule has 0 bridgehead atoms. The van der Waals surface area contributed by atoms with E-state index in [2.05, 4.69) is 0 Å². The summed E-state index contributed by atoms with van der Waals surface area (Å²) in [6.07, 6.45) is -3.76. The molecule has 1 fully saturated rings. The van der Waals surface area contributed by atoms with Gasteiger partial charge in [0.15, 0.2) is 6.10 Å². The van der Waals surface area contributed by atoms with Crippen molar-refractivity contribution in [3.05, 3.63) is 0 Å². The molecule has 186 valence electrons. The molecule has 1 rings (SSSR count). The number of rotatable bonds is 12. The van der Waals surface area contributed by atoms with Gasteiger partial charge in [-0.15, -0.1) is 0 Å². The van der Waals surface area contributed by atoms with E-state index in [9.17, 15) is 14.4 Å². The standard InChI is InChI=1S/C20H35NO11/c1-12(22)31-14(10-25-3)17(28-6)18-16(21(2)15(23)11-26-4)13(27-5)9-20(30-8,32-18)19(24)29-7/h13-14,16-18H,9-11H2,1-8H3/t13-,14+,16+,17+,18+,20?/m0/s1. The highest BCUT2D eigenvalue weighted by molar-refractivity contribution is 5.79. The molecule has 1 aliphatic rings. The van der Waals surface area contributed by atoms with Crippen molar-refractivity contribution in [2.45, 2.75) is 49.6 Å². The van der Waals surface area contributed by atoms with Crippen LogP contribution in [0, 0.1) is 0 Å². The average Bonchev–Trinajstić information content (AvgIpc) is 2.77. The Labute approximate surface area is 188 Å². The maximum atomic E-state index is 12.7. The summed E-state index contributed by atoms with van der Waals surface area (Å²) in [4.78, 5) is 38.4. The molecule has 1 amide bonds. The third kappa shape index (κ3) is 6.36. The van der Waals surface area contributed by atoms with Crippen LogP contribution in [0.15, 0.2) is 0 Å². The van der Waals surface area contributed by atoms with Crippen LogP contribution in [-0.4, -0.2) is 122 Å². The Bertz CT molecular complexity index is 631. The smallest absolute Gasteiger partial charge is 0.366 e. The molecule has 1 saturated heterocycles. The molecule has 0 aromatic heterocycles. The van der Waals surface area contributed by atoms with Gasteiger partial charge in [-0.25, -0.2) is 4.79 Å². The second-order valence-corrected chi connectivity index (χ2v) is 7.24. The Balaban J connectivity index is 3.57. The molecular formula is C20H35NO11. The van der Waals surface area contributed by atoms with Gasteiger partial charge >= 0.3 is 11.9 Å². The van der Waals surface area contributed by atoms with Crippen LogP contribution in [0.4, 0.5) is 0 Å². The predicted molar refractivity (Wildman–Crippen MR) is 109 cm³/mol. The minimum atomic E-state index is -1.84. The Morgan fingerprint density at radius 2 is 1.75 bits per heavy atom. The first-order valence-electron chi connectivity index (χ1n) is 9.93. The van der Waals surface area contributed by atoms with Crippen LogP contribution in [0.1, 0.15) is 13.3 Å². The van der Waals surface area contributed by atoms with E-state index in [0.717, 1.165) is 0 Å². The molecule has 1 aliphatic heterocycles. The van der Waals surface area contributed by atoms with E-state index < -0.39 is 48.2 Å². The van der Waals surface area contributed by atoms with Crippen molar-refractivity contribution in [1.82, 2.24) is 4.90 Å². The predicted octanol–water partition coefficient (Wildman–Crippen LogP) is -0.627. The zero-order valence-corrected chi connectivity index (χ0v) is 19.9. The van der Waals surface area contributed by atoms with E-state index in [0.29, 0.717) is 0 Å². The van der Waals surface area contributed by atoms with Crippen LogP contribution < -0.4 is 0 Å². The molecule has 0 saturated carbocycles. The van der Waals surface area contributed by atoms with Crippen molar-refractivity contribution in [3.8, 4) is 0 Å². The zero-order chi connectivity index (χ0) is 24.5. The SMILES string of the molecule is COCC(=O)N(C)[C@H]1[C@H]([C@H](OC)[C@@H](COC)OC(C)=O)OC(OC)(C(=O)OC)C[C@@H]1OC. The lowest BCUT2D eigenvalue weighted by atomic mass is 9.87. The number of methoxy groups -OCH3 is 6. The number of ether oxygens (including phenoxy) is 8. The number of carbonyl (C=O) groups is 3. The van der Waals surface area contributed by atoms with Gasteiger partial charge in [0.2, 0.25) is 5.91 Å². The number of nitrogens with zero attached hydrogens (tertiary/aromatic N) is 1. The first-order valence-corrected chi connectivity index (χ1v) is 9.93. The topological polar surface area (TPSA) is 128 Å². The molecule has 0 N–H and O–H groups in total. The van der Waals surface area contributed by atoms with Gasteiger partial charge in [0.25, 0.3) is 5.79 Å². The first kappa shape index (κ1) is 28.2. The molecule has 12 heteroatoms. The average molecular weight is 465 g/mol. The number of carbonyl (C=O) groups excluding carboxylic acids is 3. The van der Waals surface area contributed by atoms with Gasteiger partial charge in [-0.1, -0.05) is 0 Å². The summed E-state index contributed by atoms with van der Waals surface area (Å²) in [5.41, 5.74) is 0. The van der Waals surface area contributed by atoms with E-state index >= 15 is 0 Å². The monoisotopic (exact) mass is 465 g/mol. The highest BCUT2D eigenvalue weighted by Gasteiger charge is 2.58. The molecule has 32 heavy (non-hydrogen) atoms. The summed E-state index contributed by atoms with van der Waals surface area (Å²) < 4.78 is 43.4. The molecule has 0 aromatic rings. The number of amides is 1. The lowest BCUT2D eigenvalue weighted by molar-refractivity contribution is -0.315. The van der Waals surface area contributed by atoms with Crippen LogP contribution >= 0.6 is 0 Å². The summed E-state index contributed by atoms with van der Waals surface area (Å²) in [6, 6.07) is -0.768. The van der Waals surface area contributed by atoms with Crippen molar-refractivity contribution < 1.29 is 52.3 Å². The minimum absolute atomic E-state index is 0.0315. The normalized spacial score (nSPS) is 27.3. The summed E-state index contributed by atoms with van der Waals surface area (Å²) >= 11 is 0. The van der Waals surface area contributed by atoms with Crippen LogP contribution in [0.3, 0.4) is 0 Å². The van der Waals surface area contributed by atoms with E-state index in [1.165, 1.54) is 54.5 Å². The Morgan fingerprint density at radius 3 is 2.19 bits per heavy atom. The number of hydrogen-bond donors (Lipinski definition) is 0. The van der Waals surface area contributed by atoms with E-state index in [-0.39, 0.29) is 25.5 Å². The fourth-order valence-corrected chi connectivity index (χ4v) is 3.85. The second-order valence-electron chi connectivity index (χ2n) is 7.24. The fraction of sp³-hybridized carbons (Fsp3) is 0.850. The van der Waals surface area contributed by atoms with Crippen LogP contribution in [0.5, 0.6) is 0 Å². The fourth-order valence-electron chi connectivity index (χ4n) is 3.85. The van der Waals surface area contributed by atoms with Gasteiger partial charge in [0, 0.05) is 55.9 Å². The third-order valence-electron chi connectivity index (χ3n) is 5.36. The number of hydrogen-bond acceptors (Lipinski definition) is 11. The van der Waals surface area contributed by atoms with Gasteiger partial charge in [0.05, 0.1) is 25.9 Å². The zero-order valence-electron chi connectivity index (χ0n) is 19.9. The number of likely N-dealkylation sites (N-methyl/N-ethyl adjacent to an activating group) is 1. The maximum Gasteiger partial charge on any atom is 0.366 e. The van der Waals surface area contributed by atoms with Crippen LogP contribution in [-0.2, 0) is 52.3 Å². The van der Waals surface area contributed by atoms with Gasteiger partial charge in [-0.2, -0.15) is 0 Å². The summed E-state index contributed by atoms with van der Waals surface area (Å²) in [7, 11) is 9.70. The molecule has 0 aliphatic carbocycles. The van der Waals surface area contributed by atoms with Gasteiger partial charge in [0.1, 0.15) is 18.8 Å². The van der Waals surface area contributed by atoms with Gasteiger partial charge < -0.3 is 42.8 Å². The summed E-state index contributed by atoms with van der Waals surface area (Å²) in [6.45, 7) is 1.02. The van der Waals surface area contributed by atoms with Crippen LogP contribution in [0.25, 0.3) is 0 Å².